The first-order chi connectivity index (χ1) is 14.1. The highest BCUT2D eigenvalue weighted by Crippen LogP contribution is 2.51. The highest BCUT2D eigenvalue weighted by Gasteiger charge is 2.48. The fourth-order valence-corrected chi connectivity index (χ4v) is 6.05. The first-order valence-electron chi connectivity index (χ1n) is 9.98. The van der Waals surface area contributed by atoms with E-state index in [2.05, 4.69) is 24.3 Å². The van der Waals surface area contributed by atoms with Crippen molar-refractivity contribution in [2.75, 3.05) is 13.1 Å². The average molecular weight is 406 g/mol. The predicted molar refractivity (Wildman–Crippen MR) is 112 cm³/mol. The summed E-state index contributed by atoms with van der Waals surface area (Å²) in [4.78, 5) is 0.353. The molecule has 1 spiro atoms. The van der Waals surface area contributed by atoms with E-state index in [-0.39, 0.29) is 6.10 Å². The molecule has 5 heteroatoms. The zero-order valence-electron chi connectivity index (χ0n) is 16.1. The lowest BCUT2D eigenvalue weighted by Crippen LogP contribution is -2.45. The second kappa shape index (κ2) is 7.10. The Balaban J connectivity index is 1.44. The minimum absolute atomic E-state index is 0.107. The van der Waals surface area contributed by atoms with Crippen molar-refractivity contribution in [3.8, 4) is 0 Å². The predicted octanol–water partition coefficient (Wildman–Crippen LogP) is 4.49. The topological polar surface area (TPSA) is 46.6 Å². The Morgan fingerprint density at radius 2 is 1.38 bits per heavy atom. The molecule has 29 heavy (non-hydrogen) atoms. The summed E-state index contributed by atoms with van der Waals surface area (Å²) in [6.07, 6.45) is 1.20. The summed E-state index contributed by atoms with van der Waals surface area (Å²) < 4.78 is 34.3. The molecule has 148 valence electrons. The van der Waals surface area contributed by atoms with E-state index in [4.69, 9.17) is 4.74 Å². The van der Waals surface area contributed by atoms with Gasteiger partial charge in [-0.15, -0.1) is 0 Å². The van der Waals surface area contributed by atoms with Gasteiger partial charge < -0.3 is 4.74 Å². The van der Waals surface area contributed by atoms with Crippen molar-refractivity contribution in [1.29, 1.82) is 0 Å². The van der Waals surface area contributed by atoms with Crippen LogP contribution in [0.25, 0.3) is 0 Å². The van der Waals surface area contributed by atoms with Gasteiger partial charge in [-0.1, -0.05) is 72.8 Å². The number of hydrogen-bond acceptors (Lipinski definition) is 3. The first kappa shape index (κ1) is 18.6. The molecule has 3 aromatic carbocycles. The lowest BCUT2D eigenvalue weighted by molar-refractivity contribution is -0.0884. The van der Waals surface area contributed by atoms with Gasteiger partial charge in [0.25, 0.3) is 0 Å². The lowest BCUT2D eigenvalue weighted by atomic mass is 9.84. The van der Waals surface area contributed by atoms with E-state index in [9.17, 15) is 8.42 Å². The number of nitrogens with zero attached hydrogens (tertiary/aromatic N) is 1. The fraction of sp³-hybridized carbons (Fsp3) is 0.250. The number of sulfonamides is 1. The summed E-state index contributed by atoms with van der Waals surface area (Å²) in [6.45, 7) is 0.903. The molecular formula is C24H23NO3S. The van der Waals surface area contributed by atoms with E-state index in [1.54, 1.807) is 28.6 Å². The zero-order chi connectivity index (χ0) is 19.9. The molecule has 0 amide bonds. The Morgan fingerprint density at radius 1 is 0.793 bits per heavy atom. The molecule has 0 radical (unpaired) electrons. The maximum absolute atomic E-state index is 13.0. The third-order valence-corrected chi connectivity index (χ3v) is 8.00. The Hall–Kier alpha value is -2.47. The van der Waals surface area contributed by atoms with Crippen LogP contribution in [0.1, 0.15) is 35.6 Å². The van der Waals surface area contributed by atoms with Gasteiger partial charge in [-0.3, -0.25) is 0 Å². The fourth-order valence-electron chi connectivity index (χ4n) is 4.59. The Kier molecular flexibility index (Phi) is 4.54. The van der Waals surface area contributed by atoms with Crippen molar-refractivity contribution < 1.29 is 13.2 Å². The summed E-state index contributed by atoms with van der Waals surface area (Å²) in [7, 11) is -3.47. The highest BCUT2D eigenvalue weighted by molar-refractivity contribution is 7.89. The van der Waals surface area contributed by atoms with Crippen LogP contribution in [-0.2, 0) is 20.4 Å². The molecule has 1 atom stereocenters. The molecule has 1 saturated heterocycles. The second-order valence-electron chi connectivity index (χ2n) is 7.71. The van der Waals surface area contributed by atoms with Gasteiger partial charge in [0, 0.05) is 13.1 Å². The van der Waals surface area contributed by atoms with Crippen LogP contribution >= 0.6 is 0 Å². The average Bonchev–Trinajstić information content (AvgIpc) is 3.10. The van der Waals surface area contributed by atoms with Crippen LogP contribution < -0.4 is 0 Å². The van der Waals surface area contributed by atoms with Crippen LogP contribution in [0.15, 0.2) is 89.8 Å². The molecular weight excluding hydrogens is 382 g/mol. The van der Waals surface area contributed by atoms with Crippen LogP contribution in [0, 0.1) is 0 Å². The molecule has 1 fully saturated rings. The third-order valence-electron chi connectivity index (χ3n) is 6.09. The van der Waals surface area contributed by atoms with Gasteiger partial charge in [-0.05, 0) is 41.7 Å². The van der Waals surface area contributed by atoms with Crippen LogP contribution in [0.4, 0.5) is 0 Å². The van der Waals surface area contributed by atoms with Gasteiger partial charge in [0.15, 0.2) is 0 Å². The van der Waals surface area contributed by atoms with Gasteiger partial charge in [0.1, 0.15) is 6.10 Å². The van der Waals surface area contributed by atoms with E-state index < -0.39 is 15.6 Å². The molecule has 0 aliphatic carbocycles. The molecule has 2 heterocycles. The van der Waals surface area contributed by atoms with Crippen LogP contribution in [0.3, 0.4) is 0 Å². The number of ether oxygens (including phenoxy) is 1. The number of piperidine rings is 1. The Morgan fingerprint density at radius 3 is 2.07 bits per heavy atom. The third kappa shape index (κ3) is 3.10. The maximum atomic E-state index is 13.0. The molecule has 4 nitrogen and oxygen atoms in total. The van der Waals surface area contributed by atoms with Gasteiger partial charge >= 0.3 is 0 Å². The van der Waals surface area contributed by atoms with Gasteiger partial charge in [0.05, 0.1) is 10.5 Å². The monoisotopic (exact) mass is 405 g/mol. The molecule has 0 aromatic heterocycles. The second-order valence-corrected chi connectivity index (χ2v) is 9.65. The van der Waals surface area contributed by atoms with E-state index in [0.29, 0.717) is 30.8 Å². The number of benzene rings is 3. The van der Waals surface area contributed by atoms with Crippen LogP contribution in [0.2, 0.25) is 0 Å². The van der Waals surface area contributed by atoms with E-state index >= 15 is 0 Å². The van der Waals surface area contributed by atoms with Crippen molar-refractivity contribution in [1.82, 2.24) is 4.31 Å². The summed E-state index contributed by atoms with van der Waals surface area (Å²) in [5.41, 5.74) is 3.10. The largest absolute Gasteiger partial charge is 0.358 e. The van der Waals surface area contributed by atoms with Crippen molar-refractivity contribution >= 4 is 10.0 Å². The molecule has 2 aliphatic rings. The number of fused-ring (bicyclic) bond motifs is 2. The molecule has 0 bridgehead atoms. The number of rotatable bonds is 3. The van der Waals surface area contributed by atoms with E-state index in [1.807, 2.05) is 36.4 Å². The molecule has 0 saturated carbocycles. The zero-order valence-corrected chi connectivity index (χ0v) is 16.9. The SMILES string of the molecule is O=S(=O)(c1ccccc1)N1CCC2(CC1)OC(c1ccccc1)c1ccccc12. The molecule has 1 unspecified atom stereocenters. The minimum Gasteiger partial charge on any atom is -0.358 e. The van der Waals surface area contributed by atoms with Gasteiger partial charge in [-0.25, -0.2) is 8.42 Å². The maximum Gasteiger partial charge on any atom is 0.243 e. The van der Waals surface area contributed by atoms with Gasteiger partial charge in [-0.2, -0.15) is 4.31 Å². The summed E-state index contributed by atoms with van der Waals surface area (Å²) in [5, 5.41) is 0. The van der Waals surface area contributed by atoms with Crippen LogP contribution in [0.5, 0.6) is 0 Å². The Labute approximate surface area is 171 Å². The standard InChI is InChI=1S/C24H23NO3S/c26-29(27,20-11-5-2-6-12-20)25-17-15-24(16-18-25)22-14-8-7-13-21(22)23(28-24)19-9-3-1-4-10-19/h1-14,23H,15-18H2. The van der Waals surface area contributed by atoms with Crippen molar-refractivity contribution in [2.24, 2.45) is 0 Å². The normalized spacial score (nSPS) is 21.2. The first-order valence-corrected chi connectivity index (χ1v) is 11.4. The molecule has 2 aliphatic heterocycles. The van der Waals surface area contributed by atoms with Crippen molar-refractivity contribution in [3.05, 3.63) is 102 Å². The smallest absolute Gasteiger partial charge is 0.243 e. The van der Waals surface area contributed by atoms with Crippen LogP contribution in [-0.4, -0.2) is 25.8 Å². The van der Waals surface area contributed by atoms with E-state index in [1.165, 1.54) is 11.1 Å². The number of hydrogen-bond donors (Lipinski definition) is 0. The van der Waals surface area contributed by atoms with Crippen molar-refractivity contribution in [2.45, 2.75) is 29.4 Å². The molecule has 0 N–H and O–H groups in total. The highest BCUT2D eigenvalue weighted by atomic mass is 32.2. The van der Waals surface area contributed by atoms with E-state index in [0.717, 1.165) is 5.56 Å². The minimum atomic E-state index is -3.47. The lowest BCUT2D eigenvalue weighted by Gasteiger charge is -2.39. The van der Waals surface area contributed by atoms with Crippen molar-refractivity contribution in [3.63, 3.8) is 0 Å². The summed E-state index contributed by atoms with van der Waals surface area (Å²) in [5.74, 6) is 0. The Bertz CT molecular complexity index is 1110. The summed E-state index contributed by atoms with van der Waals surface area (Å²) in [6, 6.07) is 27.3. The molecule has 3 aromatic rings. The summed E-state index contributed by atoms with van der Waals surface area (Å²) >= 11 is 0. The van der Waals surface area contributed by atoms with Gasteiger partial charge in [0.2, 0.25) is 10.0 Å². The quantitative estimate of drug-likeness (QED) is 0.645. The molecule has 5 rings (SSSR count).